The number of carbonyl (C=O) groups is 1. The van der Waals surface area contributed by atoms with E-state index in [0.29, 0.717) is 0 Å². The van der Waals surface area contributed by atoms with Crippen molar-refractivity contribution in [3.05, 3.63) is 48.3 Å². The molecule has 0 bridgehead atoms. The van der Waals surface area contributed by atoms with Gasteiger partial charge < -0.3 is 10.8 Å². The molecule has 0 aliphatic heterocycles. The summed E-state index contributed by atoms with van der Waals surface area (Å²) >= 11 is 0. The third-order valence-corrected chi connectivity index (χ3v) is 2.14. The van der Waals surface area contributed by atoms with Gasteiger partial charge in [0, 0.05) is 12.4 Å². The molecule has 0 aliphatic rings. The lowest BCUT2D eigenvalue weighted by molar-refractivity contribution is 0.0958. The molecule has 4 nitrogen and oxygen atoms in total. The summed E-state index contributed by atoms with van der Waals surface area (Å²) in [7, 11) is 0. The van der Waals surface area contributed by atoms with E-state index in [1.165, 1.54) is 10.6 Å². The van der Waals surface area contributed by atoms with Crippen molar-refractivity contribution in [2.45, 2.75) is 0 Å². The van der Waals surface area contributed by atoms with Crippen molar-refractivity contribution in [1.29, 1.82) is 0 Å². The van der Waals surface area contributed by atoms with Gasteiger partial charge in [-0.1, -0.05) is 6.07 Å². The molecule has 0 unspecified atom stereocenters. The smallest absolute Gasteiger partial charge is 0.265 e. The third-order valence-electron chi connectivity index (χ3n) is 2.14. The number of phenols is 1. The molecule has 1 heterocycles. The number of carbonyl (C=O) groups excluding carboxylic acids is 1. The number of aromatic nitrogens is 1. The molecule has 0 saturated carbocycles. The van der Waals surface area contributed by atoms with Crippen LogP contribution in [0.25, 0.3) is 0 Å². The first-order valence-corrected chi connectivity index (χ1v) is 4.45. The Morgan fingerprint density at radius 3 is 2.53 bits per heavy atom. The van der Waals surface area contributed by atoms with Crippen LogP contribution in [0.1, 0.15) is 10.4 Å². The molecule has 1 aromatic heterocycles. The molecule has 4 heteroatoms. The van der Waals surface area contributed by atoms with Crippen molar-refractivity contribution in [1.82, 2.24) is 4.57 Å². The van der Waals surface area contributed by atoms with Crippen molar-refractivity contribution in [2.75, 3.05) is 5.73 Å². The number of para-hydroxylation sites is 1. The zero-order valence-corrected chi connectivity index (χ0v) is 7.92. The number of hydrogen-bond donors (Lipinski definition) is 2. The third kappa shape index (κ3) is 1.57. The number of anilines is 1. The fraction of sp³-hybridized carbons (Fsp3) is 0. The van der Waals surface area contributed by atoms with Gasteiger partial charge in [-0.2, -0.15) is 0 Å². The maximum absolute atomic E-state index is 11.8. The molecule has 0 aliphatic carbocycles. The monoisotopic (exact) mass is 202 g/mol. The van der Waals surface area contributed by atoms with Gasteiger partial charge in [0.1, 0.15) is 0 Å². The van der Waals surface area contributed by atoms with Gasteiger partial charge in [-0.25, -0.2) is 0 Å². The van der Waals surface area contributed by atoms with Crippen molar-refractivity contribution in [2.24, 2.45) is 0 Å². The lowest BCUT2D eigenvalue weighted by Gasteiger charge is -2.06. The lowest BCUT2D eigenvalue weighted by Crippen LogP contribution is -2.10. The summed E-state index contributed by atoms with van der Waals surface area (Å²) in [6.45, 7) is 0. The molecule has 76 valence electrons. The summed E-state index contributed by atoms with van der Waals surface area (Å²) in [6.07, 6.45) is 3.23. The van der Waals surface area contributed by atoms with E-state index in [0.717, 1.165) is 0 Å². The van der Waals surface area contributed by atoms with Gasteiger partial charge in [0.05, 0.1) is 11.3 Å². The van der Waals surface area contributed by atoms with Crippen molar-refractivity contribution < 1.29 is 9.90 Å². The number of nitrogens with zero attached hydrogens (tertiary/aromatic N) is 1. The van der Waals surface area contributed by atoms with Crippen molar-refractivity contribution in [3.8, 4) is 5.75 Å². The molecule has 1 aromatic carbocycles. The first-order chi connectivity index (χ1) is 7.20. The van der Waals surface area contributed by atoms with Crippen LogP contribution in [-0.4, -0.2) is 15.6 Å². The minimum atomic E-state index is -0.301. The minimum Gasteiger partial charge on any atom is -0.505 e. The lowest BCUT2D eigenvalue weighted by atomic mass is 10.1. The average molecular weight is 202 g/mol. The van der Waals surface area contributed by atoms with Gasteiger partial charge in [-0.3, -0.25) is 9.36 Å². The molecule has 0 fully saturated rings. The molecule has 0 atom stereocenters. The second-order valence-electron chi connectivity index (χ2n) is 3.14. The molecule has 2 aromatic rings. The molecule has 15 heavy (non-hydrogen) atoms. The highest BCUT2D eigenvalue weighted by atomic mass is 16.3. The highest BCUT2D eigenvalue weighted by Gasteiger charge is 2.13. The van der Waals surface area contributed by atoms with E-state index in [9.17, 15) is 9.90 Å². The van der Waals surface area contributed by atoms with Crippen LogP contribution in [0.3, 0.4) is 0 Å². The van der Waals surface area contributed by atoms with Crippen LogP contribution in [0.2, 0.25) is 0 Å². The van der Waals surface area contributed by atoms with Crippen LogP contribution in [0.4, 0.5) is 5.69 Å². The number of phenolic OH excluding ortho intramolecular Hbond substituents is 1. The van der Waals surface area contributed by atoms with Gasteiger partial charge in [0.25, 0.3) is 5.91 Å². The van der Waals surface area contributed by atoms with E-state index in [-0.39, 0.29) is 22.9 Å². The molecule has 2 rings (SSSR count). The summed E-state index contributed by atoms with van der Waals surface area (Å²) in [4.78, 5) is 11.8. The van der Waals surface area contributed by atoms with Gasteiger partial charge in [0.2, 0.25) is 0 Å². The highest BCUT2D eigenvalue weighted by Crippen LogP contribution is 2.24. The Bertz CT molecular complexity index is 489. The van der Waals surface area contributed by atoms with E-state index < -0.39 is 0 Å². The molecule has 0 spiro atoms. The molecule has 0 amide bonds. The van der Waals surface area contributed by atoms with Gasteiger partial charge >= 0.3 is 0 Å². The summed E-state index contributed by atoms with van der Waals surface area (Å²) in [5.41, 5.74) is 5.90. The van der Waals surface area contributed by atoms with E-state index >= 15 is 0 Å². The Hall–Kier alpha value is -2.23. The molecule has 0 radical (unpaired) electrons. The number of nitrogens with two attached hydrogens (primary N) is 1. The SMILES string of the molecule is Nc1cccc(C(=O)n2cccc2)c1O. The largest absolute Gasteiger partial charge is 0.505 e. The molecule has 3 N–H and O–H groups in total. The predicted octanol–water partition coefficient (Wildman–Crippen LogP) is 1.46. The Morgan fingerprint density at radius 1 is 1.20 bits per heavy atom. The van der Waals surface area contributed by atoms with Crippen LogP contribution in [-0.2, 0) is 0 Å². The second-order valence-corrected chi connectivity index (χ2v) is 3.14. The van der Waals surface area contributed by atoms with Gasteiger partial charge in [0.15, 0.2) is 5.75 Å². The van der Waals surface area contributed by atoms with E-state index in [1.807, 2.05) is 0 Å². The molecular weight excluding hydrogens is 192 g/mol. The Kier molecular flexibility index (Phi) is 2.17. The fourth-order valence-electron chi connectivity index (χ4n) is 1.34. The summed E-state index contributed by atoms with van der Waals surface area (Å²) in [5.74, 6) is -0.471. The Balaban J connectivity index is 2.47. The van der Waals surface area contributed by atoms with Gasteiger partial charge in [-0.05, 0) is 24.3 Å². The number of rotatable bonds is 1. The normalized spacial score (nSPS) is 10.1. The Labute approximate surface area is 86.6 Å². The van der Waals surface area contributed by atoms with Crippen molar-refractivity contribution in [3.63, 3.8) is 0 Å². The maximum atomic E-state index is 11.8. The van der Waals surface area contributed by atoms with Crippen LogP contribution in [0, 0.1) is 0 Å². The fourth-order valence-corrected chi connectivity index (χ4v) is 1.34. The highest BCUT2D eigenvalue weighted by molar-refractivity contribution is 5.99. The van der Waals surface area contributed by atoms with Crippen LogP contribution in [0.5, 0.6) is 5.75 Å². The maximum Gasteiger partial charge on any atom is 0.265 e. The zero-order chi connectivity index (χ0) is 10.8. The number of aromatic hydroxyl groups is 1. The standard InChI is InChI=1S/C11H10N2O2/c12-9-5-3-4-8(10(9)14)11(15)13-6-1-2-7-13/h1-7,14H,12H2. The van der Waals surface area contributed by atoms with Crippen LogP contribution < -0.4 is 5.73 Å². The quantitative estimate of drug-likeness (QED) is 0.543. The Morgan fingerprint density at radius 2 is 1.87 bits per heavy atom. The first-order valence-electron chi connectivity index (χ1n) is 4.45. The second kappa shape index (κ2) is 3.49. The zero-order valence-electron chi connectivity index (χ0n) is 7.92. The number of benzene rings is 1. The van der Waals surface area contributed by atoms with Gasteiger partial charge in [-0.15, -0.1) is 0 Å². The summed E-state index contributed by atoms with van der Waals surface area (Å²) in [5, 5.41) is 9.61. The number of hydrogen-bond acceptors (Lipinski definition) is 3. The summed E-state index contributed by atoms with van der Waals surface area (Å²) in [6, 6.07) is 8.18. The van der Waals surface area contributed by atoms with E-state index in [4.69, 9.17) is 5.73 Å². The molecule has 0 saturated heterocycles. The first kappa shape index (κ1) is 9.33. The van der Waals surface area contributed by atoms with Crippen LogP contribution in [0.15, 0.2) is 42.7 Å². The summed E-state index contributed by atoms with van der Waals surface area (Å²) < 4.78 is 1.38. The average Bonchev–Trinajstić information content (AvgIpc) is 2.74. The molecular formula is C11H10N2O2. The van der Waals surface area contributed by atoms with Crippen molar-refractivity contribution >= 4 is 11.6 Å². The van der Waals surface area contributed by atoms with Crippen LogP contribution >= 0.6 is 0 Å². The van der Waals surface area contributed by atoms with E-state index in [1.54, 1.807) is 36.7 Å². The predicted molar refractivity (Wildman–Crippen MR) is 56.7 cm³/mol. The van der Waals surface area contributed by atoms with E-state index in [2.05, 4.69) is 0 Å². The number of nitrogen functional groups attached to an aromatic ring is 1. The topological polar surface area (TPSA) is 68.2 Å². The minimum absolute atomic E-state index is 0.170.